The molecule has 0 saturated heterocycles. The number of rotatable bonds is 3. The second-order valence-electron chi connectivity index (χ2n) is 4.57. The number of H-pyrrole nitrogens is 1. The fraction of sp³-hybridized carbons (Fsp3) is 0.200. The Labute approximate surface area is 116 Å². The Morgan fingerprint density at radius 1 is 1.20 bits per heavy atom. The monoisotopic (exact) mass is 269 g/mol. The Morgan fingerprint density at radius 3 is 2.90 bits per heavy atom. The predicted molar refractivity (Wildman–Crippen MR) is 75.5 cm³/mol. The molecular weight excluding hydrogens is 254 g/mol. The van der Waals surface area contributed by atoms with E-state index in [1.165, 1.54) is 0 Å². The van der Waals surface area contributed by atoms with E-state index in [-0.39, 0.29) is 5.91 Å². The molecule has 0 fully saturated rings. The highest BCUT2D eigenvalue weighted by molar-refractivity contribution is 6.10. The first-order chi connectivity index (χ1) is 9.84. The van der Waals surface area contributed by atoms with Crippen molar-refractivity contribution in [2.75, 3.05) is 6.54 Å². The third-order valence-electron chi connectivity index (χ3n) is 3.18. The standard InChI is InChI=1S/C15H15N3O2/c19-15-14-12(6-8-16-14)13(7-9-17-15)18-20-10-11-4-2-1-3-5-11/h1-6,8,16H,7,9-10H2,(H,17,19)/b18-13+. The van der Waals surface area contributed by atoms with E-state index in [1.54, 1.807) is 6.20 Å². The summed E-state index contributed by atoms with van der Waals surface area (Å²) >= 11 is 0. The van der Waals surface area contributed by atoms with Crippen LogP contribution in [-0.4, -0.2) is 23.1 Å². The van der Waals surface area contributed by atoms with E-state index in [1.807, 2.05) is 36.4 Å². The van der Waals surface area contributed by atoms with Crippen LogP contribution in [0.1, 0.15) is 28.0 Å². The van der Waals surface area contributed by atoms with Crippen molar-refractivity contribution < 1.29 is 9.63 Å². The molecule has 0 atom stereocenters. The van der Waals surface area contributed by atoms with Gasteiger partial charge in [0.2, 0.25) is 0 Å². The predicted octanol–water partition coefficient (Wildman–Crippen LogP) is 2.07. The molecule has 20 heavy (non-hydrogen) atoms. The zero-order chi connectivity index (χ0) is 13.8. The van der Waals surface area contributed by atoms with Gasteiger partial charge in [0.15, 0.2) is 0 Å². The zero-order valence-electron chi connectivity index (χ0n) is 10.9. The van der Waals surface area contributed by atoms with Gasteiger partial charge >= 0.3 is 0 Å². The number of aromatic amines is 1. The summed E-state index contributed by atoms with van der Waals surface area (Å²) in [5, 5.41) is 7.01. The highest BCUT2D eigenvalue weighted by Gasteiger charge is 2.20. The van der Waals surface area contributed by atoms with Crippen LogP contribution in [0.3, 0.4) is 0 Å². The fourth-order valence-corrected chi connectivity index (χ4v) is 2.17. The molecule has 5 heteroatoms. The maximum atomic E-state index is 11.8. The minimum atomic E-state index is -0.0988. The first-order valence-electron chi connectivity index (χ1n) is 6.53. The summed E-state index contributed by atoms with van der Waals surface area (Å²) in [7, 11) is 0. The number of aromatic nitrogens is 1. The molecule has 2 aromatic rings. The number of carbonyl (C=O) groups excluding carboxylic acids is 1. The summed E-state index contributed by atoms with van der Waals surface area (Å²) in [4.78, 5) is 20.1. The van der Waals surface area contributed by atoms with Crippen molar-refractivity contribution in [2.45, 2.75) is 13.0 Å². The normalized spacial score (nSPS) is 16.4. The molecule has 1 amide bonds. The van der Waals surface area contributed by atoms with Gasteiger partial charge in [0, 0.05) is 24.7 Å². The minimum Gasteiger partial charge on any atom is -0.391 e. The average molecular weight is 269 g/mol. The van der Waals surface area contributed by atoms with Gasteiger partial charge in [-0.1, -0.05) is 35.5 Å². The summed E-state index contributed by atoms with van der Waals surface area (Å²) < 4.78 is 0. The minimum absolute atomic E-state index is 0.0988. The van der Waals surface area contributed by atoms with Crippen molar-refractivity contribution in [1.82, 2.24) is 10.3 Å². The molecule has 1 aromatic heterocycles. The van der Waals surface area contributed by atoms with E-state index in [0.29, 0.717) is 25.3 Å². The molecule has 2 N–H and O–H groups in total. The van der Waals surface area contributed by atoms with Crippen LogP contribution in [0.25, 0.3) is 0 Å². The molecule has 0 bridgehead atoms. The van der Waals surface area contributed by atoms with Gasteiger partial charge < -0.3 is 15.1 Å². The van der Waals surface area contributed by atoms with Gasteiger partial charge in [0.05, 0.1) is 5.71 Å². The summed E-state index contributed by atoms with van der Waals surface area (Å²) in [5.74, 6) is -0.0988. The maximum absolute atomic E-state index is 11.8. The first kappa shape index (κ1) is 12.5. The molecule has 1 aromatic carbocycles. The topological polar surface area (TPSA) is 66.5 Å². The van der Waals surface area contributed by atoms with Crippen LogP contribution in [0.4, 0.5) is 0 Å². The number of carbonyl (C=O) groups is 1. The summed E-state index contributed by atoms with van der Waals surface area (Å²) in [5.41, 5.74) is 3.21. The molecule has 2 heterocycles. The number of nitrogens with one attached hydrogen (secondary N) is 2. The molecule has 5 nitrogen and oxygen atoms in total. The molecule has 1 aliphatic rings. The van der Waals surface area contributed by atoms with Crippen molar-refractivity contribution >= 4 is 11.6 Å². The quantitative estimate of drug-likeness (QED) is 0.838. The van der Waals surface area contributed by atoms with Crippen LogP contribution in [0.2, 0.25) is 0 Å². The second kappa shape index (κ2) is 5.61. The summed E-state index contributed by atoms with van der Waals surface area (Å²) in [6, 6.07) is 11.7. The maximum Gasteiger partial charge on any atom is 0.268 e. The molecular formula is C15H15N3O2. The molecule has 1 aliphatic heterocycles. The van der Waals surface area contributed by atoms with E-state index in [9.17, 15) is 4.79 Å². The van der Waals surface area contributed by atoms with E-state index >= 15 is 0 Å². The van der Waals surface area contributed by atoms with E-state index in [2.05, 4.69) is 15.5 Å². The van der Waals surface area contributed by atoms with Crippen molar-refractivity contribution in [3.63, 3.8) is 0 Å². The SMILES string of the molecule is O=C1NCC/C(=N\OCc2ccccc2)c2cc[nH]c21. The lowest BCUT2D eigenvalue weighted by Gasteiger charge is -2.03. The highest BCUT2D eigenvalue weighted by atomic mass is 16.6. The third-order valence-corrected chi connectivity index (χ3v) is 3.18. The smallest absolute Gasteiger partial charge is 0.268 e. The molecule has 0 spiro atoms. The molecule has 0 aliphatic carbocycles. The van der Waals surface area contributed by atoms with Gasteiger partial charge in [0.1, 0.15) is 12.3 Å². The molecule has 0 saturated carbocycles. The number of oxime groups is 1. The zero-order valence-corrected chi connectivity index (χ0v) is 10.9. The van der Waals surface area contributed by atoms with Crippen molar-refractivity contribution in [2.24, 2.45) is 5.16 Å². The van der Waals surface area contributed by atoms with Gasteiger partial charge in [-0.05, 0) is 11.6 Å². The average Bonchev–Trinajstić information content (AvgIpc) is 2.91. The summed E-state index contributed by atoms with van der Waals surface area (Å²) in [6.45, 7) is 0.986. The van der Waals surface area contributed by atoms with Gasteiger partial charge in [-0.25, -0.2) is 0 Å². The Kier molecular flexibility index (Phi) is 3.50. The van der Waals surface area contributed by atoms with Crippen LogP contribution in [0.15, 0.2) is 47.8 Å². The van der Waals surface area contributed by atoms with Crippen LogP contribution in [0.5, 0.6) is 0 Å². The molecule has 3 rings (SSSR count). The molecule has 0 radical (unpaired) electrons. The van der Waals surface area contributed by atoms with Gasteiger partial charge in [0.25, 0.3) is 5.91 Å². The lowest BCUT2D eigenvalue weighted by atomic mass is 10.1. The van der Waals surface area contributed by atoms with E-state index < -0.39 is 0 Å². The van der Waals surface area contributed by atoms with Crippen molar-refractivity contribution in [3.05, 3.63) is 59.4 Å². The number of hydrogen-bond acceptors (Lipinski definition) is 3. The van der Waals surface area contributed by atoms with Gasteiger partial charge in [-0.15, -0.1) is 0 Å². The lowest BCUT2D eigenvalue weighted by molar-refractivity contribution is 0.0952. The van der Waals surface area contributed by atoms with Crippen molar-refractivity contribution in [3.8, 4) is 0 Å². The second-order valence-corrected chi connectivity index (χ2v) is 4.57. The highest BCUT2D eigenvalue weighted by Crippen LogP contribution is 2.14. The first-order valence-corrected chi connectivity index (χ1v) is 6.53. The largest absolute Gasteiger partial charge is 0.391 e. The van der Waals surface area contributed by atoms with E-state index in [4.69, 9.17) is 4.84 Å². The van der Waals surface area contributed by atoms with Gasteiger partial charge in [-0.2, -0.15) is 0 Å². The Bertz CT molecular complexity index is 632. The lowest BCUT2D eigenvalue weighted by Crippen LogP contribution is -2.23. The summed E-state index contributed by atoms with van der Waals surface area (Å²) in [6.07, 6.45) is 2.40. The van der Waals surface area contributed by atoms with Crippen LogP contribution in [-0.2, 0) is 11.4 Å². The Hall–Kier alpha value is -2.56. The Morgan fingerprint density at radius 2 is 2.05 bits per heavy atom. The number of benzene rings is 1. The molecule has 0 unspecified atom stereocenters. The van der Waals surface area contributed by atoms with Crippen LogP contribution >= 0.6 is 0 Å². The van der Waals surface area contributed by atoms with E-state index in [0.717, 1.165) is 16.8 Å². The van der Waals surface area contributed by atoms with Gasteiger partial charge in [-0.3, -0.25) is 4.79 Å². The number of fused-ring (bicyclic) bond motifs is 1. The van der Waals surface area contributed by atoms with Crippen LogP contribution in [0, 0.1) is 0 Å². The third kappa shape index (κ3) is 2.56. The number of amides is 1. The number of nitrogens with zero attached hydrogens (tertiary/aromatic N) is 1. The van der Waals surface area contributed by atoms with Crippen molar-refractivity contribution in [1.29, 1.82) is 0 Å². The molecule has 102 valence electrons. The number of hydrogen-bond donors (Lipinski definition) is 2. The Balaban J connectivity index is 1.75. The van der Waals surface area contributed by atoms with Crippen LogP contribution < -0.4 is 5.32 Å². The fourth-order valence-electron chi connectivity index (χ4n) is 2.17.